The second-order valence-electron chi connectivity index (χ2n) is 6.77. The van der Waals surface area contributed by atoms with Gasteiger partial charge in [-0.05, 0) is 54.5 Å². The van der Waals surface area contributed by atoms with Crippen LogP contribution in [0.15, 0.2) is 48.5 Å². The molecule has 0 fully saturated rings. The van der Waals surface area contributed by atoms with E-state index in [1.807, 2.05) is 31.2 Å². The first-order valence-electron chi connectivity index (χ1n) is 9.59. The van der Waals surface area contributed by atoms with Gasteiger partial charge < -0.3 is 15.0 Å². The molecule has 0 spiro atoms. The zero-order valence-electron chi connectivity index (χ0n) is 16.6. The van der Waals surface area contributed by atoms with Crippen molar-refractivity contribution in [2.45, 2.75) is 19.8 Å². The van der Waals surface area contributed by atoms with E-state index in [0.717, 1.165) is 22.6 Å². The Labute approximate surface area is 170 Å². The summed E-state index contributed by atoms with van der Waals surface area (Å²) in [5.74, 6) is 0.491. The van der Waals surface area contributed by atoms with Gasteiger partial charge in [-0.1, -0.05) is 12.1 Å². The zero-order valence-corrected chi connectivity index (χ0v) is 16.6. The van der Waals surface area contributed by atoms with Gasteiger partial charge in [0.1, 0.15) is 5.75 Å². The molecule has 0 aromatic heterocycles. The van der Waals surface area contributed by atoms with Gasteiger partial charge in [0.05, 0.1) is 13.0 Å². The summed E-state index contributed by atoms with van der Waals surface area (Å²) in [7, 11) is 1.73. The predicted octanol–water partition coefficient (Wildman–Crippen LogP) is 3.01. The van der Waals surface area contributed by atoms with Gasteiger partial charge in [0.2, 0.25) is 11.8 Å². The van der Waals surface area contributed by atoms with Crippen LogP contribution in [0, 0.1) is 0 Å². The molecule has 0 unspecified atom stereocenters. The number of anilines is 1. The minimum Gasteiger partial charge on any atom is -0.494 e. The number of benzene rings is 2. The number of rotatable bonds is 8. The Morgan fingerprint density at radius 1 is 1.17 bits per heavy atom. The van der Waals surface area contributed by atoms with E-state index >= 15 is 0 Å². The van der Waals surface area contributed by atoms with Gasteiger partial charge in [0.15, 0.2) is 5.78 Å². The van der Waals surface area contributed by atoms with Crippen molar-refractivity contribution in [2.24, 2.45) is 0 Å². The standard InChI is InChI=1S/C23H24N2O4/c1-3-29-19-8-4-16(5-9-19)6-11-22(27)24-13-12-21(26)17-7-10-20-18(14-17)15-23(28)25(20)2/h4-11,14H,3,12-13,15H2,1-2H3,(H,24,27)/b11-6+. The van der Waals surface area contributed by atoms with Crippen LogP contribution >= 0.6 is 0 Å². The predicted molar refractivity (Wildman–Crippen MR) is 112 cm³/mol. The Bertz CT molecular complexity index is 948. The Hall–Kier alpha value is -3.41. The molecule has 1 heterocycles. The van der Waals surface area contributed by atoms with Gasteiger partial charge >= 0.3 is 0 Å². The van der Waals surface area contributed by atoms with Crippen LogP contribution in [0.5, 0.6) is 5.75 Å². The average molecular weight is 392 g/mol. The molecule has 2 aromatic rings. The lowest BCUT2D eigenvalue weighted by Gasteiger charge is -2.10. The molecule has 6 nitrogen and oxygen atoms in total. The summed E-state index contributed by atoms with van der Waals surface area (Å²) in [6.45, 7) is 2.78. The number of ether oxygens (including phenoxy) is 1. The van der Waals surface area contributed by atoms with Crippen LogP contribution in [0.2, 0.25) is 0 Å². The summed E-state index contributed by atoms with van der Waals surface area (Å²) in [5.41, 5.74) is 3.16. The minimum atomic E-state index is -0.257. The van der Waals surface area contributed by atoms with Gasteiger partial charge in [-0.15, -0.1) is 0 Å². The quantitative estimate of drug-likeness (QED) is 0.554. The van der Waals surface area contributed by atoms with Crippen molar-refractivity contribution in [3.8, 4) is 5.75 Å². The highest BCUT2D eigenvalue weighted by atomic mass is 16.5. The van der Waals surface area contributed by atoms with E-state index in [-0.39, 0.29) is 30.6 Å². The molecule has 0 saturated heterocycles. The van der Waals surface area contributed by atoms with Crippen LogP contribution in [0.3, 0.4) is 0 Å². The Kier molecular flexibility index (Phi) is 6.44. The monoisotopic (exact) mass is 392 g/mol. The fraction of sp³-hybridized carbons (Fsp3) is 0.261. The molecule has 150 valence electrons. The molecule has 1 aliphatic rings. The summed E-state index contributed by atoms with van der Waals surface area (Å²) < 4.78 is 5.38. The van der Waals surface area contributed by atoms with Crippen molar-refractivity contribution in [1.29, 1.82) is 0 Å². The van der Waals surface area contributed by atoms with Gasteiger partial charge in [-0.25, -0.2) is 0 Å². The largest absolute Gasteiger partial charge is 0.494 e. The number of ketones is 1. The SMILES string of the molecule is CCOc1ccc(/C=C/C(=O)NCCC(=O)c2ccc3c(c2)CC(=O)N3C)cc1. The summed E-state index contributed by atoms with van der Waals surface area (Å²) in [6.07, 6.45) is 3.67. The van der Waals surface area contributed by atoms with Crippen molar-refractivity contribution in [1.82, 2.24) is 5.32 Å². The number of hydrogen-bond donors (Lipinski definition) is 1. The molecule has 0 radical (unpaired) electrons. The minimum absolute atomic E-state index is 0.0242. The smallest absolute Gasteiger partial charge is 0.244 e. The topological polar surface area (TPSA) is 75.7 Å². The van der Waals surface area contributed by atoms with Crippen LogP contribution < -0.4 is 15.0 Å². The van der Waals surface area contributed by atoms with E-state index in [2.05, 4.69) is 5.32 Å². The van der Waals surface area contributed by atoms with Crippen LogP contribution in [-0.2, 0) is 16.0 Å². The van der Waals surface area contributed by atoms with E-state index in [9.17, 15) is 14.4 Å². The van der Waals surface area contributed by atoms with Crippen LogP contribution in [0.1, 0.15) is 34.8 Å². The second kappa shape index (κ2) is 9.19. The van der Waals surface area contributed by atoms with E-state index < -0.39 is 0 Å². The summed E-state index contributed by atoms with van der Waals surface area (Å²) in [5, 5.41) is 2.72. The number of amides is 2. The average Bonchev–Trinajstić information content (AvgIpc) is 3.01. The second-order valence-corrected chi connectivity index (χ2v) is 6.77. The normalized spacial score (nSPS) is 12.9. The van der Waals surface area contributed by atoms with Crippen molar-refractivity contribution in [2.75, 3.05) is 25.1 Å². The summed E-state index contributed by atoms with van der Waals surface area (Å²) in [6, 6.07) is 12.7. The van der Waals surface area contributed by atoms with E-state index in [0.29, 0.717) is 18.6 Å². The third kappa shape index (κ3) is 5.10. The molecule has 3 rings (SSSR count). The lowest BCUT2D eigenvalue weighted by molar-refractivity contribution is -0.117. The Morgan fingerprint density at radius 2 is 1.93 bits per heavy atom. The molecule has 1 N–H and O–H groups in total. The van der Waals surface area contributed by atoms with Crippen LogP contribution in [0.4, 0.5) is 5.69 Å². The number of nitrogens with zero attached hydrogens (tertiary/aromatic N) is 1. The molecular formula is C23H24N2O4. The summed E-state index contributed by atoms with van der Waals surface area (Å²) >= 11 is 0. The number of carbonyl (C=O) groups is 3. The van der Waals surface area contributed by atoms with Crippen molar-refractivity contribution < 1.29 is 19.1 Å². The molecular weight excluding hydrogens is 368 g/mol. The first-order valence-corrected chi connectivity index (χ1v) is 9.59. The van der Waals surface area contributed by atoms with Gasteiger partial charge in [-0.3, -0.25) is 14.4 Å². The molecule has 2 amide bonds. The van der Waals surface area contributed by atoms with Crippen LogP contribution in [-0.4, -0.2) is 37.8 Å². The molecule has 2 aromatic carbocycles. The van der Waals surface area contributed by atoms with E-state index in [4.69, 9.17) is 4.74 Å². The number of nitrogens with one attached hydrogen (secondary N) is 1. The van der Waals surface area contributed by atoms with Crippen molar-refractivity contribution in [3.05, 3.63) is 65.2 Å². The summed E-state index contributed by atoms with van der Waals surface area (Å²) in [4.78, 5) is 37.7. The molecule has 0 saturated carbocycles. The highest BCUT2D eigenvalue weighted by Gasteiger charge is 2.24. The van der Waals surface area contributed by atoms with Crippen molar-refractivity contribution >= 4 is 29.4 Å². The molecule has 0 atom stereocenters. The van der Waals surface area contributed by atoms with E-state index in [1.54, 1.807) is 36.2 Å². The first kappa shape index (κ1) is 20.3. The molecule has 0 aliphatic carbocycles. The number of fused-ring (bicyclic) bond motifs is 1. The first-order chi connectivity index (χ1) is 14.0. The lowest BCUT2D eigenvalue weighted by Crippen LogP contribution is -2.24. The van der Waals surface area contributed by atoms with Crippen LogP contribution in [0.25, 0.3) is 6.08 Å². The molecule has 29 heavy (non-hydrogen) atoms. The maximum absolute atomic E-state index is 12.4. The third-order valence-electron chi connectivity index (χ3n) is 4.75. The Balaban J connectivity index is 1.47. The van der Waals surface area contributed by atoms with E-state index in [1.165, 1.54) is 6.08 Å². The number of hydrogen-bond acceptors (Lipinski definition) is 4. The fourth-order valence-electron chi connectivity index (χ4n) is 3.16. The highest BCUT2D eigenvalue weighted by molar-refractivity contribution is 6.03. The molecule has 1 aliphatic heterocycles. The lowest BCUT2D eigenvalue weighted by atomic mass is 10.0. The van der Waals surface area contributed by atoms with Gasteiger partial charge in [0, 0.05) is 37.3 Å². The maximum atomic E-state index is 12.4. The maximum Gasteiger partial charge on any atom is 0.244 e. The van der Waals surface area contributed by atoms with Gasteiger partial charge in [0.25, 0.3) is 0 Å². The number of Topliss-reactive ketones (excluding diaryl/α,β-unsaturated/α-hetero) is 1. The fourth-order valence-corrected chi connectivity index (χ4v) is 3.16. The third-order valence-corrected chi connectivity index (χ3v) is 4.75. The van der Waals surface area contributed by atoms with Gasteiger partial charge in [-0.2, -0.15) is 0 Å². The zero-order chi connectivity index (χ0) is 20.8. The molecule has 0 bridgehead atoms. The number of carbonyl (C=O) groups excluding carboxylic acids is 3. The highest BCUT2D eigenvalue weighted by Crippen LogP contribution is 2.28. The van der Waals surface area contributed by atoms with Crippen molar-refractivity contribution in [3.63, 3.8) is 0 Å². The number of likely N-dealkylation sites (N-methyl/N-ethyl adjacent to an activating group) is 1. The Morgan fingerprint density at radius 3 is 2.66 bits per heavy atom. The molecule has 6 heteroatoms.